The largest absolute Gasteiger partial charge is 0.451 e. The van der Waals surface area contributed by atoms with Crippen LogP contribution >= 0.6 is 0 Å². The summed E-state index contributed by atoms with van der Waals surface area (Å²) in [6.07, 6.45) is 18.7. The third-order valence-electron chi connectivity index (χ3n) is 6.59. The van der Waals surface area contributed by atoms with E-state index in [1.54, 1.807) is 6.26 Å². The third kappa shape index (κ3) is 3.03. The van der Waals surface area contributed by atoms with E-state index >= 15 is 0 Å². The van der Waals surface area contributed by atoms with E-state index in [-0.39, 0.29) is 5.78 Å². The van der Waals surface area contributed by atoms with E-state index in [0.29, 0.717) is 5.69 Å². The molecule has 2 unspecified atom stereocenters. The number of fused-ring (bicyclic) bond motifs is 6. The standard InChI is InChI=1S/C26H23N5O2/c1-24(2)21-13-26(22-14-33-15-27-22)9-8-19(30-26)11-18-5-4-16(28-18)10-17-6-7-20(29-17)12-25(3,31-21)23(24)32/h4-15,28,31H,1-3H3. The Hall–Kier alpha value is -4.00. The number of aliphatic imine (C=N–C) groups is 2. The first-order valence-electron chi connectivity index (χ1n) is 10.9. The SMILES string of the molecule is CC12C=C3C=CC(=N3)C=c3ccc([nH]3)=CC3=NC(c4cocn4)(C=C3)C=C(N1)C(C)(C)C2=O. The van der Waals surface area contributed by atoms with Crippen LogP contribution in [0.25, 0.3) is 12.2 Å². The smallest absolute Gasteiger partial charge is 0.180 e. The van der Waals surface area contributed by atoms with Gasteiger partial charge >= 0.3 is 0 Å². The molecular formula is C26H23N5O2. The minimum atomic E-state index is -0.906. The van der Waals surface area contributed by atoms with E-state index < -0.39 is 16.5 Å². The molecule has 6 rings (SSSR count). The van der Waals surface area contributed by atoms with E-state index in [2.05, 4.69) is 15.3 Å². The van der Waals surface area contributed by atoms with Crippen molar-refractivity contribution in [1.82, 2.24) is 15.3 Å². The van der Waals surface area contributed by atoms with Crippen molar-refractivity contribution in [3.63, 3.8) is 0 Å². The highest BCUT2D eigenvalue weighted by Crippen LogP contribution is 2.43. The van der Waals surface area contributed by atoms with Gasteiger partial charge in [0.1, 0.15) is 23.0 Å². The highest BCUT2D eigenvalue weighted by molar-refractivity contribution is 6.20. The Morgan fingerprint density at radius 3 is 2.52 bits per heavy atom. The Morgan fingerprint density at radius 1 is 0.970 bits per heavy atom. The van der Waals surface area contributed by atoms with Crippen molar-refractivity contribution >= 4 is 29.4 Å². The Balaban J connectivity index is 1.63. The number of rotatable bonds is 1. The first kappa shape index (κ1) is 19.7. The van der Waals surface area contributed by atoms with Gasteiger partial charge in [-0.1, -0.05) is 0 Å². The Kier molecular flexibility index (Phi) is 3.88. The molecule has 2 N–H and O–H groups in total. The highest BCUT2D eigenvalue weighted by atomic mass is 16.3. The molecule has 164 valence electrons. The van der Waals surface area contributed by atoms with Crippen molar-refractivity contribution in [2.75, 3.05) is 0 Å². The fourth-order valence-corrected chi connectivity index (χ4v) is 4.86. The maximum absolute atomic E-state index is 13.6. The van der Waals surface area contributed by atoms with Crippen molar-refractivity contribution in [3.8, 4) is 0 Å². The predicted molar refractivity (Wildman–Crippen MR) is 127 cm³/mol. The van der Waals surface area contributed by atoms with Gasteiger partial charge in [-0.05, 0) is 81.5 Å². The second-order valence-corrected chi connectivity index (χ2v) is 9.51. The predicted octanol–water partition coefficient (Wildman–Crippen LogP) is 2.22. The zero-order valence-electron chi connectivity index (χ0n) is 18.6. The van der Waals surface area contributed by atoms with E-state index in [4.69, 9.17) is 14.4 Å². The second-order valence-electron chi connectivity index (χ2n) is 9.51. The van der Waals surface area contributed by atoms with E-state index in [9.17, 15) is 4.79 Å². The number of nitrogens with one attached hydrogen (secondary N) is 2. The molecule has 7 nitrogen and oxygen atoms in total. The molecule has 0 saturated carbocycles. The Bertz CT molecular complexity index is 1490. The van der Waals surface area contributed by atoms with Gasteiger partial charge in [-0.15, -0.1) is 0 Å². The molecule has 4 aliphatic heterocycles. The van der Waals surface area contributed by atoms with Crippen LogP contribution in [0.5, 0.6) is 0 Å². The molecular weight excluding hydrogens is 414 g/mol. The Labute approximate surface area is 190 Å². The van der Waals surface area contributed by atoms with E-state index in [1.807, 2.05) is 81.5 Å². The highest BCUT2D eigenvalue weighted by Gasteiger charge is 2.52. The summed E-state index contributed by atoms with van der Waals surface area (Å²) in [7, 11) is 0. The van der Waals surface area contributed by atoms with Crippen LogP contribution in [0, 0.1) is 5.41 Å². The van der Waals surface area contributed by atoms with Crippen LogP contribution in [-0.2, 0) is 10.3 Å². The van der Waals surface area contributed by atoms with Gasteiger partial charge in [-0.2, -0.15) is 0 Å². The number of nitrogens with zero attached hydrogens (tertiary/aromatic N) is 3. The molecule has 0 spiro atoms. The minimum absolute atomic E-state index is 0.0701. The quantitative estimate of drug-likeness (QED) is 0.715. The number of carbonyl (C=O) groups is 1. The molecule has 7 heteroatoms. The average Bonchev–Trinajstić information content (AvgIpc) is 3.57. The fourth-order valence-electron chi connectivity index (χ4n) is 4.86. The summed E-state index contributed by atoms with van der Waals surface area (Å²) in [5, 5.41) is 5.36. The van der Waals surface area contributed by atoms with Crippen LogP contribution in [0.15, 0.2) is 87.0 Å². The van der Waals surface area contributed by atoms with Gasteiger partial charge in [-0.3, -0.25) is 9.79 Å². The molecule has 4 aliphatic rings. The van der Waals surface area contributed by atoms with E-state index in [1.165, 1.54) is 6.39 Å². The number of ketones is 1. The van der Waals surface area contributed by atoms with Crippen molar-refractivity contribution < 1.29 is 9.21 Å². The lowest BCUT2D eigenvalue weighted by molar-refractivity contribution is -0.126. The maximum atomic E-state index is 13.6. The van der Waals surface area contributed by atoms with Crippen LogP contribution in [0.2, 0.25) is 0 Å². The zero-order valence-corrected chi connectivity index (χ0v) is 18.6. The van der Waals surface area contributed by atoms with Crippen LogP contribution in [0.4, 0.5) is 0 Å². The van der Waals surface area contributed by atoms with Gasteiger partial charge in [-0.25, -0.2) is 9.98 Å². The van der Waals surface area contributed by atoms with Crippen molar-refractivity contribution in [1.29, 1.82) is 0 Å². The number of hydrogen-bond acceptors (Lipinski definition) is 6. The van der Waals surface area contributed by atoms with Crippen molar-refractivity contribution in [2.24, 2.45) is 15.4 Å². The number of Topliss-reactive ketones (excluding diaryl/α,β-unsaturated/α-hetero) is 1. The summed E-state index contributed by atoms with van der Waals surface area (Å²) in [5.74, 6) is 0.0701. The minimum Gasteiger partial charge on any atom is -0.451 e. The molecule has 2 aromatic rings. The Morgan fingerprint density at radius 2 is 1.76 bits per heavy atom. The summed E-state index contributed by atoms with van der Waals surface area (Å²) in [5.41, 5.74) is 1.28. The summed E-state index contributed by atoms with van der Waals surface area (Å²) in [6, 6.07) is 4.02. The van der Waals surface area contributed by atoms with Gasteiger partial charge in [0.15, 0.2) is 12.2 Å². The number of hydrogen-bond donors (Lipinski definition) is 2. The normalized spacial score (nSPS) is 29.0. The van der Waals surface area contributed by atoms with E-state index in [0.717, 1.165) is 33.5 Å². The lowest BCUT2D eigenvalue weighted by atomic mass is 9.79. The molecule has 1 saturated heterocycles. The molecule has 0 radical (unpaired) electrons. The summed E-state index contributed by atoms with van der Waals surface area (Å²) in [6.45, 7) is 5.77. The number of aromatic nitrogens is 2. The molecule has 2 aromatic heterocycles. The monoisotopic (exact) mass is 437 g/mol. The summed E-state index contributed by atoms with van der Waals surface area (Å²) < 4.78 is 5.30. The van der Waals surface area contributed by atoms with Crippen LogP contribution in [0.1, 0.15) is 26.5 Å². The topological polar surface area (TPSA) is 95.6 Å². The zero-order chi connectivity index (χ0) is 22.8. The summed E-state index contributed by atoms with van der Waals surface area (Å²) in [4.78, 5) is 31.1. The van der Waals surface area contributed by atoms with Gasteiger partial charge in [0, 0.05) is 16.4 Å². The third-order valence-corrected chi connectivity index (χ3v) is 6.59. The fraction of sp³-hybridized carbons (Fsp3) is 0.231. The van der Waals surface area contributed by atoms with Gasteiger partial charge < -0.3 is 14.7 Å². The number of allylic oxidation sites excluding steroid dienone is 4. The number of H-pyrrole nitrogens is 1. The maximum Gasteiger partial charge on any atom is 0.180 e. The molecule has 6 heterocycles. The number of aromatic amines is 1. The lowest BCUT2D eigenvalue weighted by Crippen LogP contribution is -2.41. The number of oxazole rings is 1. The molecule has 2 atom stereocenters. The van der Waals surface area contributed by atoms with Gasteiger partial charge in [0.05, 0.1) is 22.5 Å². The molecule has 0 amide bonds. The lowest BCUT2D eigenvalue weighted by Gasteiger charge is -2.23. The number of carbonyl (C=O) groups excluding carboxylic acids is 1. The van der Waals surface area contributed by atoms with Crippen molar-refractivity contribution in [2.45, 2.75) is 31.8 Å². The van der Waals surface area contributed by atoms with Crippen LogP contribution < -0.4 is 16.0 Å². The van der Waals surface area contributed by atoms with Crippen LogP contribution in [-0.4, -0.2) is 32.7 Å². The summed E-state index contributed by atoms with van der Waals surface area (Å²) >= 11 is 0. The molecule has 0 aromatic carbocycles. The average molecular weight is 438 g/mol. The molecule has 0 aliphatic carbocycles. The van der Waals surface area contributed by atoms with Gasteiger partial charge in [0.2, 0.25) is 0 Å². The van der Waals surface area contributed by atoms with Crippen molar-refractivity contribution in [3.05, 3.63) is 89.0 Å². The molecule has 33 heavy (non-hydrogen) atoms. The first-order chi connectivity index (χ1) is 15.8. The second kappa shape index (κ2) is 6.51. The van der Waals surface area contributed by atoms with Gasteiger partial charge in [0.25, 0.3) is 0 Å². The van der Waals surface area contributed by atoms with Crippen LogP contribution in [0.3, 0.4) is 0 Å². The molecule has 8 bridgehead atoms. The first-order valence-corrected chi connectivity index (χ1v) is 10.9. The molecule has 1 fully saturated rings.